The number of benzene rings is 2. The standard InChI is InChI=1S/C32H47BF4O2/c1-3-5-7-9-11-13-15-17-19-25-21-23-27(31(36)29(25)34)38-33-39-28-24-22-26(30(35)32(28)37)20-18-16-14-12-10-8-6-4-2/h21-24,33H,3-20H2,1-2H3. The molecule has 2 nitrogen and oxygen atoms in total. The van der Waals surface area contributed by atoms with Gasteiger partial charge < -0.3 is 9.31 Å². The van der Waals surface area contributed by atoms with Gasteiger partial charge in [-0.1, -0.05) is 116 Å². The number of hydrogen-bond donors (Lipinski definition) is 0. The molecule has 0 spiro atoms. The van der Waals surface area contributed by atoms with E-state index < -0.39 is 31.0 Å². The third-order valence-electron chi connectivity index (χ3n) is 7.28. The van der Waals surface area contributed by atoms with Crippen LogP contribution >= 0.6 is 0 Å². The largest absolute Gasteiger partial charge is 0.576 e. The fraction of sp³-hybridized carbons (Fsp3) is 0.625. The highest BCUT2D eigenvalue weighted by atomic mass is 19.2. The second-order valence-corrected chi connectivity index (χ2v) is 10.6. The second-order valence-electron chi connectivity index (χ2n) is 10.6. The first-order valence-corrected chi connectivity index (χ1v) is 15.2. The van der Waals surface area contributed by atoms with E-state index in [0.29, 0.717) is 24.0 Å². The van der Waals surface area contributed by atoms with E-state index in [1.54, 1.807) is 0 Å². The van der Waals surface area contributed by atoms with E-state index in [1.807, 2.05) is 0 Å². The Bertz CT molecular complexity index is 879. The summed E-state index contributed by atoms with van der Waals surface area (Å²) >= 11 is 0. The Morgan fingerprint density at radius 3 is 1.15 bits per heavy atom. The predicted octanol–water partition coefficient (Wildman–Crippen LogP) is 10.3. The molecule has 0 aliphatic heterocycles. The van der Waals surface area contributed by atoms with E-state index in [4.69, 9.17) is 9.31 Å². The van der Waals surface area contributed by atoms with Crippen molar-refractivity contribution in [2.75, 3.05) is 0 Å². The van der Waals surface area contributed by atoms with Crippen molar-refractivity contribution in [3.05, 3.63) is 58.7 Å². The molecule has 0 atom stereocenters. The lowest BCUT2D eigenvalue weighted by Crippen LogP contribution is -2.14. The Morgan fingerprint density at radius 1 is 0.462 bits per heavy atom. The lowest BCUT2D eigenvalue weighted by Gasteiger charge is -2.12. The summed E-state index contributed by atoms with van der Waals surface area (Å²) in [5.41, 5.74) is 0.624. The molecule has 2 aromatic carbocycles. The number of rotatable bonds is 22. The molecule has 0 radical (unpaired) electrons. The van der Waals surface area contributed by atoms with Crippen LogP contribution in [0.15, 0.2) is 24.3 Å². The lowest BCUT2D eigenvalue weighted by atomic mass is 10.0. The van der Waals surface area contributed by atoms with E-state index in [2.05, 4.69) is 13.8 Å². The van der Waals surface area contributed by atoms with E-state index in [0.717, 1.165) is 38.5 Å². The summed E-state index contributed by atoms with van der Waals surface area (Å²) in [4.78, 5) is 0. The average Bonchev–Trinajstić information content (AvgIpc) is 2.94. The summed E-state index contributed by atoms with van der Waals surface area (Å²) in [6.45, 7) is 4.38. The fourth-order valence-electron chi connectivity index (χ4n) is 4.81. The van der Waals surface area contributed by atoms with Crippen molar-refractivity contribution in [2.45, 2.75) is 129 Å². The molecule has 0 aliphatic carbocycles. The fourth-order valence-corrected chi connectivity index (χ4v) is 4.81. The topological polar surface area (TPSA) is 18.5 Å². The molecule has 0 fully saturated rings. The monoisotopic (exact) mass is 550 g/mol. The maximum atomic E-state index is 14.5. The molecular formula is C32H47BF4O2. The van der Waals surface area contributed by atoms with Gasteiger partial charge in [-0.25, -0.2) is 8.78 Å². The average molecular weight is 551 g/mol. The molecule has 7 heteroatoms. The third-order valence-corrected chi connectivity index (χ3v) is 7.28. The Hall–Kier alpha value is -2.18. The van der Waals surface area contributed by atoms with Crippen molar-refractivity contribution in [3.8, 4) is 11.5 Å². The minimum absolute atomic E-state index is 0.312. The first kappa shape index (κ1) is 33.0. The SMILES string of the molecule is CCCCCCCCCCc1ccc(OBOc2ccc(CCCCCCCCCC)c(F)c2F)c(F)c1F. The van der Waals surface area contributed by atoms with Gasteiger partial charge in [0.1, 0.15) is 11.5 Å². The van der Waals surface area contributed by atoms with Gasteiger partial charge in [0.2, 0.25) is 0 Å². The van der Waals surface area contributed by atoms with E-state index in [9.17, 15) is 17.6 Å². The van der Waals surface area contributed by atoms with Crippen molar-refractivity contribution in [3.63, 3.8) is 0 Å². The van der Waals surface area contributed by atoms with Gasteiger partial charge in [0.05, 0.1) is 0 Å². The first-order valence-electron chi connectivity index (χ1n) is 15.2. The van der Waals surface area contributed by atoms with Crippen LogP contribution in [0.5, 0.6) is 11.5 Å². The molecule has 2 rings (SSSR count). The van der Waals surface area contributed by atoms with Crippen LogP contribution in [0, 0.1) is 23.3 Å². The van der Waals surface area contributed by atoms with Crippen LogP contribution in [0.4, 0.5) is 17.6 Å². The summed E-state index contributed by atoms with van der Waals surface area (Å²) in [6, 6.07) is 5.72. The van der Waals surface area contributed by atoms with Crippen LogP contribution < -0.4 is 9.31 Å². The maximum Gasteiger partial charge on any atom is 0.576 e. The molecule has 0 aromatic heterocycles. The molecule has 0 saturated heterocycles. The summed E-state index contributed by atoms with van der Waals surface area (Å²) in [7, 11) is -0.568. The zero-order valence-corrected chi connectivity index (χ0v) is 24.1. The van der Waals surface area contributed by atoms with Gasteiger partial charge in [0, 0.05) is 0 Å². The van der Waals surface area contributed by atoms with E-state index in [-0.39, 0.29) is 11.5 Å². The molecule has 218 valence electrons. The summed E-state index contributed by atoms with van der Waals surface area (Å²) in [5.74, 6) is -4.69. The molecule has 0 bridgehead atoms. The molecule has 0 N–H and O–H groups in total. The quantitative estimate of drug-likeness (QED) is 0.0825. The lowest BCUT2D eigenvalue weighted by molar-refractivity contribution is 0.396. The van der Waals surface area contributed by atoms with Crippen LogP contribution in [0.3, 0.4) is 0 Å². The highest BCUT2D eigenvalue weighted by molar-refractivity contribution is 6.20. The predicted molar refractivity (Wildman–Crippen MR) is 154 cm³/mol. The summed E-state index contributed by atoms with van der Waals surface area (Å²) in [5, 5.41) is 0. The van der Waals surface area contributed by atoms with Crippen molar-refractivity contribution < 1.29 is 26.9 Å². The van der Waals surface area contributed by atoms with Crippen LogP contribution in [0.1, 0.15) is 128 Å². The Morgan fingerprint density at radius 2 is 0.795 bits per heavy atom. The Kier molecular flexibility index (Phi) is 16.8. The smallest absolute Gasteiger partial charge is 0.526 e. The summed E-state index contributed by atoms with van der Waals surface area (Å²) < 4.78 is 68.4. The van der Waals surface area contributed by atoms with Crippen molar-refractivity contribution in [2.24, 2.45) is 0 Å². The van der Waals surface area contributed by atoms with Gasteiger partial charge >= 0.3 is 7.69 Å². The minimum Gasteiger partial charge on any atom is -0.526 e. The minimum atomic E-state index is -1.09. The van der Waals surface area contributed by atoms with Crippen LogP contribution in [0.25, 0.3) is 0 Å². The third kappa shape index (κ3) is 12.3. The van der Waals surface area contributed by atoms with E-state index >= 15 is 0 Å². The molecule has 0 heterocycles. The number of hydrogen-bond acceptors (Lipinski definition) is 2. The highest BCUT2D eigenvalue weighted by Crippen LogP contribution is 2.26. The zero-order chi connectivity index (χ0) is 28.3. The number of unbranched alkanes of at least 4 members (excludes halogenated alkanes) is 14. The highest BCUT2D eigenvalue weighted by Gasteiger charge is 2.18. The van der Waals surface area contributed by atoms with Crippen molar-refractivity contribution in [1.29, 1.82) is 0 Å². The molecule has 39 heavy (non-hydrogen) atoms. The molecule has 0 amide bonds. The van der Waals surface area contributed by atoms with Gasteiger partial charge in [0.25, 0.3) is 0 Å². The van der Waals surface area contributed by atoms with Gasteiger partial charge in [0.15, 0.2) is 23.3 Å². The van der Waals surface area contributed by atoms with Crippen LogP contribution in [0.2, 0.25) is 0 Å². The van der Waals surface area contributed by atoms with Gasteiger partial charge in [-0.15, -0.1) is 0 Å². The molecule has 0 saturated carbocycles. The Labute approximate surface area is 234 Å². The normalized spacial score (nSPS) is 11.1. The van der Waals surface area contributed by atoms with Gasteiger partial charge in [-0.3, -0.25) is 0 Å². The zero-order valence-electron chi connectivity index (χ0n) is 24.1. The molecule has 2 aromatic rings. The van der Waals surface area contributed by atoms with E-state index in [1.165, 1.54) is 88.5 Å². The number of halogens is 4. The second kappa shape index (κ2) is 19.8. The molecule has 0 aliphatic rings. The number of aryl methyl sites for hydroxylation is 2. The molecule has 0 unspecified atom stereocenters. The van der Waals surface area contributed by atoms with Crippen molar-refractivity contribution in [1.82, 2.24) is 0 Å². The molecular weight excluding hydrogens is 503 g/mol. The van der Waals surface area contributed by atoms with Crippen molar-refractivity contribution >= 4 is 7.69 Å². The van der Waals surface area contributed by atoms with Crippen LogP contribution in [-0.4, -0.2) is 7.69 Å². The van der Waals surface area contributed by atoms with Crippen LogP contribution in [-0.2, 0) is 12.8 Å². The van der Waals surface area contributed by atoms with Gasteiger partial charge in [-0.2, -0.15) is 8.78 Å². The van der Waals surface area contributed by atoms with Gasteiger partial charge in [-0.05, 0) is 48.9 Å². The summed E-state index contributed by atoms with van der Waals surface area (Å²) in [6.07, 6.45) is 19.0. The maximum absolute atomic E-state index is 14.5. The Balaban J connectivity index is 1.74. The first-order chi connectivity index (χ1) is 19.0.